The van der Waals surface area contributed by atoms with Crippen LogP contribution in [-0.2, 0) is 30.2 Å². The molecule has 1 fully saturated rings. The highest BCUT2D eigenvalue weighted by Gasteiger charge is 2.64. The second-order valence-corrected chi connectivity index (χ2v) is 7.98. The number of esters is 2. The van der Waals surface area contributed by atoms with Crippen LogP contribution in [0.5, 0.6) is 0 Å². The third-order valence-electron chi connectivity index (χ3n) is 5.16. The molecule has 1 aliphatic heterocycles. The fourth-order valence-electron chi connectivity index (χ4n) is 3.46. The van der Waals surface area contributed by atoms with Gasteiger partial charge in [-0.1, -0.05) is 61.4 Å². The van der Waals surface area contributed by atoms with Crippen molar-refractivity contribution in [2.45, 2.75) is 69.5 Å². The van der Waals surface area contributed by atoms with Crippen molar-refractivity contribution in [3.05, 3.63) is 33.8 Å². The van der Waals surface area contributed by atoms with Gasteiger partial charge in [-0.3, -0.25) is 4.79 Å². The van der Waals surface area contributed by atoms with E-state index in [4.69, 9.17) is 32.7 Å². The largest absolute Gasteiger partial charge is 0.469 e. The number of benzene rings is 1. The highest BCUT2D eigenvalue weighted by Crippen LogP contribution is 2.44. The minimum atomic E-state index is -1.14. The Morgan fingerprint density at radius 2 is 1.71 bits per heavy atom. The van der Waals surface area contributed by atoms with Crippen molar-refractivity contribution in [3.63, 3.8) is 0 Å². The summed E-state index contributed by atoms with van der Waals surface area (Å²) in [4.78, 5) is 23.5. The fraction of sp³-hybridized carbons (Fsp3) is 0.619. The number of epoxide rings is 1. The van der Waals surface area contributed by atoms with Gasteiger partial charge < -0.3 is 14.2 Å². The van der Waals surface area contributed by atoms with Crippen molar-refractivity contribution in [2.75, 3.05) is 14.2 Å². The summed E-state index contributed by atoms with van der Waals surface area (Å²) in [6, 6.07) is 5.65. The van der Waals surface area contributed by atoms with Crippen LogP contribution >= 0.6 is 23.2 Å². The summed E-state index contributed by atoms with van der Waals surface area (Å²) in [5.41, 5.74) is 0.00127. The molecular formula is C21H28Cl2O5. The molecule has 1 aliphatic rings. The van der Waals surface area contributed by atoms with Gasteiger partial charge in [0.05, 0.1) is 26.7 Å². The summed E-state index contributed by atoms with van der Waals surface area (Å²) in [6.07, 6.45) is 7.90. The van der Waals surface area contributed by atoms with Crippen LogP contribution in [-0.4, -0.2) is 37.9 Å². The Hall–Kier alpha value is -1.30. The first-order valence-electron chi connectivity index (χ1n) is 9.70. The van der Waals surface area contributed by atoms with Gasteiger partial charge in [0.1, 0.15) is 0 Å². The molecule has 0 radical (unpaired) electrons. The number of methoxy groups -OCH3 is 2. The van der Waals surface area contributed by atoms with Crippen LogP contribution < -0.4 is 0 Å². The summed E-state index contributed by atoms with van der Waals surface area (Å²) < 4.78 is 15.0. The lowest BCUT2D eigenvalue weighted by Crippen LogP contribution is -2.32. The molecule has 2 rings (SSSR count). The Balaban J connectivity index is 1.58. The van der Waals surface area contributed by atoms with Gasteiger partial charge in [0, 0.05) is 10.0 Å². The maximum Gasteiger partial charge on any atom is 0.341 e. The third-order valence-corrected chi connectivity index (χ3v) is 5.75. The van der Waals surface area contributed by atoms with E-state index in [1.807, 2.05) is 12.1 Å². The molecule has 0 amide bonds. The van der Waals surface area contributed by atoms with Crippen molar-refractivity contribution in [2.24, 2.45) is 0 Å². The first kappa shape index (κ1) is 23.0. The predicted octanol–water partition coefficient (Wildman–Crippen LogP) is 5.14. The Bertz CT molecular complexity index is 679. The van der Waals surface area contributed by atoms with E-state index < -0.39 is 17.5 Å². The highest BCUT2D eigenvalue weighted by molar-refractivity contribution is 6.35. The Morgan fingerprint density at radius 3 is 2.36 bits per heavy atom. The van der Waals surface area contributed by atoms with Gasteiger partial charge in [-0.2, -0.15) is 0 Å². The van der Waals surface area contributed by atoms with Crippen LogP contribution in [0.2, 0.25) is 10.0 Å². The van der Waals surface area contributed by atoms with E-state index in [1.165, 1.54) is 14.2 Å². The lowest BCUT2D eigenvalue weighted by Gasteiger charge is -2.09. The number of halogens is 2. The van der Waals surface area contributed by atoms with E-state index in [9.17, 15) is 9.59 Å². The smallest absolute Gasteiger partial charge is 0.341 e. The molecule has 2 atom stereocenters. The molecule has 28 heavy (non-hydrogen) atoms. The molecule has 156 valence electrons. The van der Waals surface area contributed by atoms with Crippen molar-refractivity contribution < 1.29 is 23.8 Å². The number of rotatable bonds is 12. The minimum absolute atomic E-state index is 0.0892. The second-order valence-electron chi connectivity index (χ2n) is 7.14. The lowest BCUT2D eigenvalue weighted by atomic mass is 9.97. The molecule has 0 aliphatic carbocycles. The molecule has 0 saturated carbocycles. The molecule has 7 heteroatoms. The van der Waals surface area contributed by atoms with Gasteiger partial charge in [-0.05, 0) is 37.0 Å². The summed E-state index contributed by atoms with van der Waals surface area (Å²) in [5.74, 6) is -0.961. The van der Waals surface area contributed by atoms with Gasteiger partial charge in [-0.15, -0.1) is 0 Å². The van der Waals surface area contributed by atoms with Gasteiger partial charge in [0.15, 0.2) is 0 Å². The van der Waals surface area contributed by atoms with Gasteiger partial charge in [-0.25, -0.2) is 4.79 Å². The summed E-state index contributed by atoms with van der Waals surface area (Å²) in [7, 11) is 2.60. The van der Waals surface area contributed by atoms with E-state index in [0.717, 1.165) is 62.0 Å². The zero-order valence-electron chi connectivity index (χ0n) is 16.5. The van der Waals surface area contributed by atoms with Crippen LogP contribution in [0.25, 0.3) is 0 Å². The summed E-state index contributed by atoms with van der Waals surface area (Å²) in [5, 5.41) is 1.40. The number of carbonyl (C=O) groups is 2. The molecule has 0 bridgehead atoms. The van der Waals surface area contributed by atoms with E-state index in [2.05, 4.69) is 4.74 Å². The van der Waals surface area contributed by atoms with E-state index in [1.54, 1.807) is 6.07 Å². The van der Waals surface area contributed by atoms with E-state index >= 15 is 0 Å². The topological polar surface area (TPSA) is 65.1 Å². The third kappa shape index (κ3) is 6.36. The molecule has 0 N–H and O–H groups in total. The maximum atomic E-state index is 12.0. The van der Waals surface area contributed by atoms with Gasteiger partial charge in [0.2, 0.25) is 5.60 Å². The van der Waals surface area contributed by atoms with Crippen molar-refractivity contribution in [3.8, 4) is 0 Å². The van der Waals surface area contributed by atoms with Crippen LogP contribution in [0.3, 0.4) is 0 Å². The maximum absolute atomic E-state index is 12.0. The Kier molecular flexibility index (Phi) is 9.06. The standard InChI is InChI=1S/C21H28Cl2O5/c1-26-19(24)14-21(20(25)27-2)18(28-21)10-8-6-4-3-5-7-9-15-11-12-16(22)13-17(15)23/h11-13,18H,3-10,14H2,1-2H3. The van der Waals surface area contributed by atoms with Crippen LogP contribution in [0.15, 0.2) is 18.2 Å². The Morgan fingerprint density at radius 1 is 1.04 bits per heavy atom. The van der Waals surface area contributed by atoms with E-state index in [0.29, 0.717) is 5.02 Å². The number of hydrogen-bond donors (Lipinski definition) is 0. The average molecular weight is 431 g/mol. The number of unbranched alkanes of at least 4 members (excludes halogenated alkanes) is 5. The minimum Gasteiger partial charge on any atom is -0.469 e. The molecular weight excluding hydrogens is 403 g/mol. The first-order chi connectivity index (χ1) is 13.4. The lowest BCUT2D eigenvalue weighted by molar-refractivity contribution is -0.153. The normalized spacial score (nSPS) is 20.6. The van der Waals surface area contributed by atoms with E-state index in [-0.39, 0.29) is 12.5 Å². The number of hydrogen-bond acceptors (Lipinski definition) is 5. The number of aryl methyl sites for hydroxylation is 1. The summed E-state index contributed by atoms with van der Waals surface area (Å²) in [6.45, 7) is 0. The van der Waals surface area contributed by atoms with Gasteiger partial charge in [0.25, 0.3) is 0 Å². The second kappa shape index (κ2) is 11.0. The molecule has 5 nitrogen and oxygen atoms in total. The molecule has 0 spiro atoms. The van der Waals surface area contributed by atoms with Crippen molar-refractivity contribution in [1.82, 2.24) is 0 Å². The van der Waals surface area contributed by atoms with Crippen LogP contribution in [0.4, 0.5) is 0 Å². The molecule has 1 heterocycles. The Labute approximate surface area is 176 Å². The van der Waals surface area contributed by atoms with Crippen molar-refractivity contribution in [1.29, 1.82) is 0 Å². The zero-order chi connectivity index (χ0) is 20.6. The first-order valence-corrected chi connectivity index (χ1v) is 10.5. The fourth-order valence-corrected chi connectivity index (χ4v) is 3.96. The monoisotopic (exact) mass is 430 g/mol. The zero-order valence-corrected chi connectivity index (χ0v) is 18.0. The van der Waals surface area contributed by atoms with Crippen molar-refractivity contribution >= 4 is 35.1 Å². The van der Waals surface area contributed by atoms with Gasteiger partial charge >= 0.3 is 11.9 Å². The molecule has 1 aromatic carbocycles. The van der Waals surface area contributed by atoms with Crippen LogP contribution in [0.1, 0.15) is 56.9 Å². The van der Waals surface area contributed by atoms with Crippen LogP contribution in [0, 0.1) is 0 Å². The highest BCUT2D eigenvalue weighted by atomic mass is 35.5. The molecule has 1 saturated heterocycles. The predicted molar refractivity (Wildman–Crippen MR) is 109 cm³/mol. The molecule has 0 aromatic heterocycles. The number of ether oxygens (including phenoxy) is 3. The quantitative estimate of drug-likeness (QED) is 0.261. The SMILES string of the molecule is COC(=O)CC1(C(=O)OC)OC1CCCCCCCCc1ccc(Cl)cc1Cl. The molecule has 2 unspecified atom stereocenters. The molecule has 1 aromatic rings. The summed E-state index contributed by atoms with van der Waals surface area (Å²) >= 11 is 12.1. The number of carbonyl (C=O) groups excluding carboxylic acids is 2. The average Bonchev–Trinajstić information content (AvgIpc) is 3.38.